The van der Waals surface area contributed by atoms with Crippen molar-refractivity contribution in [2.75, 3.05) is 34.4 Å². The van der Waals surface area contributed by atoms with Crippen LogP contribution in [0.15, 0.2) is 48.5 Å². The average Bonchev–Trinajstić information content (AvgIpc) is 3.96. The minimum absolute atomic E-state index is 0. The molecule has 17 nitrogen and oxygen atoms in total. The van der Waals surface area contributed by atoms with Gasteiger partial charge in [0.25, 0.3) is 0 Å². The number of hydrogen-bond acceptors (Lipinski definition) is 11. The molecule has 2 aromatic carbocycles. The Bertz CT molecular complexity index is 2680. The van der Waals surface area contributed by atoms with E-state index in [0.717, 1.165) is 79.0 Å². The highest BCUT2D eigenvalue weighted by molar-refractivity contribution is 5.91. The number of nitrogens with one attached hydrogen (secondary N) is 4. The number of para-hydroxylation sites is 2. The number of benzene rings is 2. The van der Waals surface area contributed by atoms with E-state index in [9.17, 15) is 28.8 Å². The summed E-state index contributed by atoms with van der Waals surface area (Å²) in [5.74, 6) is 0.0115. The van der Waals surface area contributed by atoms with Crippen LogP contribution in [0.5, 0.6) is 0 Å². The van der Waals surface area contributed by atoms with E-state index in [4.69, 9.17) is 24.1 Å². The van der Waals surface area contributed by atoms with Crippen LogP contribution in [-0.2, 0) is 51.0 Å². The number of aliphatic carboxylic acids is 1. The summed E-state index contributed by atoms with van der Waals surface area (Å²) in [5, 5.41) is 17.6. The van der Waals surface area contributed by atoms with E-state index in [1.54, 1.807) is 11.9 Å². The number of rotatable bonds is 12. The lowest BCUT2D eigenvalue weighted by molar-refractivity contribution is -0.159. The molecule has 4 heterocycles. The number of H-pyrrole nitrogens is 2. The van der Waals surface area contributed by atoms with Gasteiger partial charge in [-0.2, -0.15) is 0 Å². The molecule has 5 N–H and O–H groups in total. The van der Waals surface area contributed by atoms with Crippen LogP contribution in [-0.4, -0.2) is 119 Å². The number of carboxylic acid groups (broad SMARTS) is 1. The number of hydrogen-bond donors (Lipinski definition) is 5. The van der Waals surface area contributed by atoms with Crippen molar-refractivity contribution in [2.45, 2.75) is 189 Å². The van der Waals surface area contributed by atoms with Gasteiger partial charge in [-0.15, -0.1) is 0 Å². The first-order valence-electron chi connectivity index (χ1n) is 28.3. The molecule has 0 bridgehead atoms. The molecule has 4 aliphatic rings. The van der Waals surface area contributed by atoms with Gasteiger partial charge in [-0.3, -0.25) is 19.7 Å². The van der Waals surface area contributed by atoms with Crippen LogP contribution in [0.2, 0.25) is 0 Å². The maximum atomic E-state index is 14.1. The van der Waals surface area contributed by atoms with Gasteiger partial charge in [-0.05, 0) is 153 Å². The SMILES string of the molecule is C.CN(CC1CCC(C(=O)O)CC1)C(=O)OC(C)(C)C.COC(=O)C1Cc2c([nH]c3ccccc23)C(CC(C)C)N1.COC(=O)C1Cc2c([nH]c3ccccc23)C(CC(C)C)N1C(=O)C1CCC(CNC(=O)OC(C)(C)C)CC1. The van der Waals surface area contributed by atoms with E-state index >= 15 is 0 Å². The number of methoxy groups -OCH3 is 2. The third kappa shape index (κ3) is 17.2. The Morgan fingerprint density at radius 2 is 1.19 bits per heavy atom. The maximum absolute atomic E-state index is 14.1. The summed E-state index contributed by atoms with van der Waals surface area (Å²) in [6, 6.07) is 15.5. The standard InChI is InChI=1S/C30H43N3O5.C17H22N2O2.C14H25NO4.CH4/c1-18(2)15-24-26-22(21-9-7-8-10-23(21)32-26)16-25(28(35)37-6)33(24)27(34)20-13-11-19(12-14-20)17-31-29(36)38-30(3,4)5;1-10(2)8-14-16-12(9-15(18-14)17(20)21-3)11-6-4-5-7-13(11)19-16;1-14(2,3)19-13(18)15(4)9-10-5-7-11(8-6-10)12(16)17;/h7-10,18-20,24-25,32H,11-17H2,1-6H3,(H,31,36);4-7,10,14-15,18-19H,8-9H2,1-3H3;10-11H,5-9H2,1-4H3,(H,16,17);1H4. The summed E-state index contributed by atoms with van der Waals surface area (Å²) in [4.78, 5) is 84.5. The summed E-state index contributed by atoms with van der Waals surface area (Å²) in [5.41, 5.74) is 5.80. The third-order valence-corrected chi connectivity index (χ3v) is 15.4. The molecule has 4 unspecified atom stereocenters. The summed E-state index contributed by atoms with van der Waals surface area (Å²) < 4.78 is 20.8. The van der Waals surface area contributed by atoms with Gasteiger partial charge in [-0.25, -0.2) is 14.4 Å². The first-order chi connectivity index (χ1) is 36.8. The van der Waals surface area contributed by atoms with Crippen molar-refractivity contribution in [3.05, 3.63) is 71.0 Å². The average molecular weight is 1100 g/mol. The molecule has 0 radical (unpaired) electrons. The van der Waals surface area contributed by atoms with Crippen LogP contribution in [0.1, 0.15) is 175 Å². The molecule has 3 amide bonds. The molecule has 4 aromatic rings. The lowest BCUT2D eigenvalue weighted by Crippen LogP contribution is -2.54. The van der Waals surface area contributed by atoms with Crippen molar-refractivity contribution < 1.29 is 52.8 Å². The zero-order chi connectivity index (χ0) is 57.2. The summed E-state index contributed by atoms with van der Waals surface area (Å²) in [6.45, 7) is 20.9. The number of fused-ring (bicyclic) bond motifs is 6. The van der Waals surface area contributed by atoms with Crippen LogP contribution in [0.25, 0.3) is 21.8 Å². The Morgan fingerprint density at radius 1 is 0.684 bits per heavy atom. The molecule has 2 aromatic heterocycles. The number of nitrogens with zero attached hydrogens (tertiary/aromatic N) is 2. The minimum Gasteiger partial charge on any atom is -0.481 e. The predicted octanol–water partition coefficient (Wildman–Crippen LogP) is 11.8. The molecule has 2 aliphatic heterocycles. The van der Waals surface area contributed by atoms with E-state index in [-0.39, 0.29) is 61.3 Å². The molecule has 2 fully saturated rings. The van der Waals surface area contributed by atoms with Crippen molar-refractivity contribution in [3.8, 4) is 0 Å². The van der Waals surface area contributed by atoms with Crippen LogP contribution >= 0.6 is 0 Å². The molecule has 0 saturated heterocycles. The second-order valence-electron chi connectivity index (χ2n) is 24.9. The molecule has 2 saturated carbocycles. The number of carbonyl (C=O) groups is 6. The monoisotopic (exact) mass is 1100 g/mol. The van der Waals surface area contributed by atoms with Crippen LogP contribution < -0.4 is 10.6 Å². The van der Waals surface area contributed by atoms with Gasteiger partial charge in [0, 0.05) is 78.1 Å². The summed E-state index contributed by atoms with van der Waals surface area (Å²) in [7, 11) is 4.58. The molecular weight excluding hydrogens is 1000 g/mol. The van der Waals surface area contributed by atoms with Gasteiger partial charge in [0.05, 0.1) is 26.2 Å². The molecule has 4 atom stereocenters. The number of amides is 3. The smallest absolute Gasteiger partial charge is 0.410 e. The molecular formula is C62H94N6O11. The van der Waals surface area contributed by atoms with Crippen molar-refractivity contribution in [3.63, 3.8) is 0 Å². The zero-order valence-corrected chi connectivity index (χ0v) is 48.7. The Kier molecular flexibility index (Phi) is 22.5. The Hall–Kier alpha value is -6.10. The third-order valence-electron chi connectivity index (χ3n) is 15.4. The zero-order valence-electron chi connectivity index (χ0n) is 48.7. The van der Waals surface area contributed by atoms with Gasteiger partial charge >= 0.3 is 30.1 Å². The fourth-order valence-electron chi connectivity index (χ4n) is 11.7. The lowest BCUT2D eigenvalue weighted by atomic mass is 9.79. The number of alkyl carbamates (subject to hydrolysis) is 1. The second-order valence-corrected chi connectivity index (χ2v) is 24.9. The van der Waals surface area contributed by atoms with Gasteiger partial charge in [0.1, 0.15) is 23.3 Å². The highest BCUT2D eigenvalue weighted by Crippen LogP contribution is 2.43. The normalized spacial score (nSPS) is 22.8. The fraction of sp³-hybridized carbons (Fsp3) is 0.645. The minimum atomic E-state index is -0.695. The number of aromatic nitrogens is 2. The second kappa shape index (κ2) is 27.9. The van der Waals surface area contributed by atoms with E-state index in [0.29, 0.717) is 62.4 Å². The van der Waals surface area contributed by atoms with Gasteiger partial charge in [-0.1, -0.05) is 71.5 Å². The maximum Gasteiger partial charge on any atom is 0.410 e. The van der Waals surface area contributed by atoms with E-state index in [1.165, 1.54) is 30.9 Å². The van der Waals surface area contributed by atoms with Crippen molar-refractivity contribution in [2.24, 2.45) is 35.5 Å². The molecule has 8 rings (SSSR count). The topological polar surface area (TPSA) is 222 Å². The van der Waals surface area contributed by atoms with Crippen molar-refractivity contribution in [1.29, 1.82) is 0 Å². The Balaban J connectivity index is 0.000000237. The lowest BCUT2D eigenvalue weighted by Gasteiger charge is -2.43. The van der Waals surface area contributed by atoms with Crippen LogP contribution in [0, 0.1) is 35.5 Å². The molecule has 17 heteroatoms. The van der Waals surface area contributed by atoms with E-state index < -0.39 is 29.3 Å². The Morgan fingerprint density at radius 3 is 1.71 bits per heavy atom. The molecule has 2 aliphatic carbocycles. The molecule has 0 spiro atoms. The summed E-state index contributed by atoms with van der Waals surface area (Å²) in [6.07, 6.45) is 8.46. The Labute approximate surface area is 469 Å². The first kappa shape index (κ1) is 63.7. The highest BCUT2D eigenvalue weighted by Gasteiger charge is 2.46. The van der Waals surface area contributed by atoms with E-state index in [2.05, 4.69) is 66.5 Å². The molecule has 438 valence electrons. The van der Waals surface area contributed by atoms with Gasteiger partial charge < -0.3 is 49.1 Å². The number of carboxylic acids is 1. The van der Waals surface area contributed by atoms with Gasteiger partial charge in [0.15, 0.2) is 0 Å². The highest BCUT2D eigenvalue weighted by atomic mass is 16.6. The predicted molar refractivity (Wildman–Crippen MR) is 308 cm³/mol. The molecule has 79 heavy (non-hydrogen) atoms. The number of carbonyl (C=O) groups excluding carboxylic acids is 5. The first-order valence-corrected chi connectivity index (χ1v) is 28.3. The van der Waals surface area contributed by atoms with Crippen LogP contribution in [0.4, 0.5) is 9.59 Å². The number of aromatic amines is 2. The quantitative estimate of drug-likeness (QED) is 0.0660. The van der Waals surface area contributed by atoms with Gasteiger partial charge in [0.2, 0.25) is 5.91 Å². The fourth-order valence-corrected chi connectivity index (χ4v) is 11.7. The summed E-state index contributed by atoms with van der Waals surface area (Å²) >= 11 is 0. The largest absolute Gasteiger partial charge is 0.481 e. The van der Waals surface area contributed by atoms with Crippen molar-refractivity contribution >= 4 is 57.8 Å². The number of ether oxygens (including phenoxy) is 4. The number of esters is 2. The van der Waals surface area contributed by atoms with Crippen LogP contribution in [0.3, 0.4) is 0 Å². The van der Waals surface area contributed by atoms with Crippen molar-refractivity contribution in [1.82, 2.24) is 30.4 Å². The van der Waals surface area contributed by atoms with E-state index in [1.807, 2.05) is 76.8 Å².